The molecule has 7 nitrogen and oxygen atoms in total. The van der Waals surface area contributed by atoms with Gasteiger partial charge in [-0.25, -0.2) is 4.79 Å². The number of ether oxygens (including phenoxy) is 2. The summed E-state index contributed by atoms with van der Waals surface area (Å²) in [6.07, 6.45) is -0.241. The van der Waals surface area contributed by atoms with E-state index in [4.69, 9.17) is 9.47 Å². The van der Waals surface area contributed by atoms with Crippen molar-refractivity contribution in [2.45, 2.75) is 45.9 Å². The molecule has 2 heterocycles. The van der Waals surface area contributed by atoms with Crippen molar-refractivity contribution in [3.05, 3.63) is 29.8 Å². The van der Waals surface area contributed by atoms with E-state index in [1.54, 1.807) is 4.90 Å². The number of hydrogen-bond acceptors (Lipinski definition) is 6. The summed E-state index contributed by atoms with van der Waals surface area (Å²) in [5.41, 5.74) is 0.638. The Kier molecular flexibility index (Phi) is 5.77. The van der Waals surface area contributed by atoms with Gasteiger partial charge in [-0.3, -0.25) is 4.99 Å². The van der Waals surface area contributed by atoms with Crippen LogP contribution < -0.4 is 10.1 Å². The largest absolute Gasteiger partial charge is 0.494 e. The molecule has 2 aliphatic heterocycles. The summed E-state index contributed by atoms with van der Waals surface area (Å²) in [7, 11) is 0. The number of nitrogens with one attached hydrogen (secondary N) is 1. The second kappa shape index (κ2) is 8.06. The maximum Gasteiger partial charge on any atom is 0.410 e. The second-order valence-corrected chi connectivity index (χ2v) is 7.83. The van der Waals surface area contributed by atoms with Crippen LogP contribution in [0.3, 0.4) is 0 Å². The Morgan fingerprint density at radius 3 is 2.81 bits per heavy atom. The smallest absolute Gasteiger partial charge is 0.410 e. The standard InChI is InChI=1S/C20H30N4O3/c1-5-26-17-9-7-6-8-15(17)12-21-18-22-13-16-14-23(10-11-24(16)18)19(25)27-20(2,3)4/h6-9,16H,5,10-14H2,1-4H3,(H,21,22). The topological polar surface area (TPSA) is 66.4 Å². The van der Waals surface area contributed by atoms with E-state index in [-0.39, 0.29) is 12.1 Å². The van der Waals surface area contributed by atoms with E-state index in [1.165, 1.54) is 0 Å². The number of carbonyl (C=O) groups is 1. The fourth-order valence-electron chi connectivity index (χ4n) is 3.34. The van der Waals surface area contributed by atoms with Gasteiger partial charge in [-0.05, 0) is 33.8 Å². The van der Waals surface area contributed by atoms with Crippen molar-refractivity contribution in [2.75, 3.05) is 32.8 Å². The van der Waals surface area contributed by atoms with Crippen LogP contribution >= 0.6 is 0 Å². The number of guanidine groups is 1. The van der Waals surface area contributed by atoms with Gasteiger partial charge < -0.3 is 24.6 Å². The first-order chi connectivity index (χ1) is 12.9. The average molecular weight is 374 g/mol. The summed E-state index contributed by atoms with van der Waals surface area (Å²) in [4.78, 5) is 21.0. The molecule has 1 unspecified atom stereocenters. The number of para-hydroxylation sites is 1. The van der Waals surface area contributed by atoms with Gasteiger partial charge in [0.05, 0.1) is 19.2 Å². The molecule has 3 rings (SSSR count). The lowest BCUT2D eigenvalue weighted by molar-refractivity contribution is 0.0137. The average Bonchev–Trinajstić information content (AvgIpc) is 3.02. The molecule has 0 spiro atoms. The molecule has 0 saturated carbocycles. The van der Waals surface area contributed by atoms with Crippen molar-refractivity contribution in [3.63, 3.8) is 0 Å². The fraction of sp³-hybridized carbons (Fsp3) is 0.600. The molecule has 1 aromatic rings. The Hall–Kier alpha value is -2.44. The number of benzene rings is 1. The molecular formula is C20H30N4O3. The van der Waals surface area contributed by atoms with E-state index >= 15 is 0 Å². The number of aliphatic imine (C=N–C) groups is 1. The van der Waals surface area contributed by atoms with E-state index < -0.39 is 5.60 Å². The Balaban J connectivity index is 1.54. The Morgan fingerprint density at radius 1 is 1.30 bits per heavy atom. The number of amides is 1. The molecule has 0 aromatic heterocycles. The van der Waals surface area contributed by atoms with Crippen LogP contribution in [0.5, 0.6) is 5.75 Å². The van der Waals surface area contributed by atoms with E-state index in [0.717, 1.165) is 23.8 Å². The molecule has 0 bridgehead atoms. The maximum atomic E-state index is 12.3. The highest BCUT2D eigenvalue weighted by Crippen LogP contribution is 2.20. The molecule has 1 amide bonds. The lowest BCUT2D eigenvalue weighted by Crippen LogP contribution is -2.57. The van der Waals surface area contributed by atoms with Gasteiger partial charge >= 0.3 is 6.09 Å². The summed E-state index contributed by atoms with van der Waals surface area (Å²) >= 11 is 0. The Labute approximate surface area is 161 Å². The van der Waals surface area contributed by atoms with Crippen molar-refractivity contribution < 1.29 is 14.3 Å². The van der Waals surface area contributed by atoms with Crippen molar-refractivity contribution in [1.82, 2.24) is 15.1 Å². The minimum atomic E-state index is -0.471. The lowest BCUT2D eigenvalue weighted by atomic mass is 10.2. The predicted octanol–water partition coefficient (Wildman–Crippen LogP) is 2.47. The second-order valence-electron chi connectivity index (χ2n) is 7.83. The summed E-state index contributed by atoms with van der Waals surface area (Å²) in [5.74, 6) is 1.80. The normalized spacial score (nSPS) is 19.4. The summed E-state index contributed by atoms with van der Waals surface area (Å²) in [6, 6.07) is 8.24. The molecule has 2 aliphatic rings. The van der Waals surface area contributed by atoms with Crippen LogP contribution in [0.15, 0.2) is 29.3 Å². The van der Waals surface area contributed by atoms with Gasteiger partial charge in [-0.1, -0.05) is 18.2 Å². The van der Waals surface area contributed by atoms with Crippen LogP contribution in [-0.2, 0) is 11.3 Å². The number of fused-ring (bicyclic) bond motifs is 1. The summed E-state index contributed by atoms with van der Waals surface area (Å²) in [5, 5.41) is 3.44. The van der Waals surface area contributed by atoms with E-state index in [9.17, 15) is 4.79 Å². The number of nitrogens with zero attached hydrogens (tertiary/aromatic N) is 3. The summed E-state index contributed by atoms with van der Waals surface area (Å²) in [6.45, 7) is 11.7. The maximum absolute atomic E-state index is 12.3. The van der Waals surface area contributed by atoms with Crippen molar-refractivity contribution in [3.8, 4) is 5.75 Å². The van der Waals surface area contributed by atoms with Crippen LogP contribution in [0.1, 0.15) is 33.3 Å². The van der Waals surface area contributed by atoms with Gasteiger partial charge in [-0.2, -0.15) is 0 Å². The quantitative estimate of drug-likeness (QED) is 0.877. The number of rotatable bonds is 4. The molecule has 148 valence electrons. The van der Waals surface area contributed by atoms with Crippen molar-refractivity contribution in [1.29, 1.82) is 0 Å². The van der Waals surface area contributed by atoms with Crippen LogP contribution in [0, 0.1) is 0 Å². The van der Waals surface area contributed by atoms with Crippen molar-refractivity contribution >= 4 is 12.1 Å². The molecule has 1 saturated heterocycles. The molecule has 1 N–H and O–H groups in total. The van der Waals surface area contributed by atoms with Gasteiger partial charge in [0.15, 0.2) is 5.96 Å². The third-order valence-electron chi connectivity index (χ3n) is 4.57. The zero-order valence-electron chi connectivity index (χ0n) is 16.7. The monoisotopic (exact) mass is 374 g/mol. The first kappa shape index (κ1) is 19.3. The van der Waals surface area contributed by atoms with Gasteiger partial charge in [-0.15, -0.1) is 0 Å². The molecule has 1 aromatic carbocycles. The van der Waals surface area contributed by atoms with Crippen LogP contribution in [-0.4, -0.2) is 66.3 Å². The predicted molar refractivity (Wildman–Crippen MR) is 105 cm³/mol. The zero-order valence-corrected chi connectivity index (χ0v) is 16.7. The van der Waals surface area contributed by atoms with Crippen LogP contribution in [0.2, 0.25) is 0 Å². The Morgan fingerprint density at radius 2 is 2.07 bits per heavy atom. The third kappa shape index (κ3) is 4.84. The van der Waals surface area contributed by atoms with E-state index in [1.807, 2.05) is 45.9 Å². The van der Waals surface area contributed by atoms with Gasteiger partial charge in [0, 0.05) is 31.7 Å². The minimum absolute atomic E-state index is 0.205. The van der Waals surface area contributed by atoms with Gasteiger partial charge in [0.25, 0.3) is 0 Å². The number of hydrogen-bond donors (Lipinski definition) is 1. The first-order valence-electron chi connectivity index (χ1n) is 9.61. The SMILES string of the molecule is CCOc1ccccc1CNC1=NCC2CN(C(=O)OC(C)(C)C)CCN12. The number of carbonyl (C=O) groups excluding carboxylic acids is 1. The fourth-order valence-corrected chi connectivity index (χ4v) is 3.34. The Bertz CT molecular complexity index is 699. The minimum Gasteiger partial charge on any atom is -0.494 e. The van der Waals surface area contributed by atoms with Gasteiger partial charge in [0.1, 0.15) is 11.4 Å². The highest BCUT2D eigenvalue weighted by atomic mass is 16.6. The third-order valence-corrected chi connectivity index (χ3v) is 4.57. The molecule has 1 fully saturated rings. The molecule has 27 heavy (non-hydrogen) atoms. The van der Waals surface area contributed by atoms with Crippen molar-refractivity contribution in [2.24, 2.45) is 4.99 Å². The highest BCUT2D eigenvalue weighted by Gasteiger charge is 2.36. The molecule has 0 radical (unpaired) electrons. The molecule has 7 heteroatoms. The molecule has 1 atom stereocenters. The first-order valence-corrected chi connectivity index (χ1v) is 9.61. The van der Waals surface area contributed by atoms with E-state index in [2.05, 4.69) is 21.3 Å². The molecule has 0 aliphatic carbocycles. The lowest BCUT2D eigenvalue weighted by Gasteiger charge is -2.39. The summed E-state index contributed by atoms with van der Waals surface area (Å²) < 4.78 is 11.2. The van der Waals surface area contributed by atoms with Crippen LogP contribution in [0.25, 0.3) is 0 Å². The van der Waals surface area contributed by atoms with Crippen LogP contribution in [0.4, 0.5) is 4.79 Å². The van der Waals surface area contributed by atoms with Gasteiger partial charge in [0.2, 0.25) is 0 Å². The van der Waals surface area contributed by atoms with E-state index in [0.29, 0.717) is 32.8 Å². The highest BCUT2D eigenvalue weighted by molar-refractivity contribution is 5.82. The number of piperazine rings is 1. The molecular weight excluding hydrogens is 344 g/mol. The zero-order chi connectivity index (χ0) is 19.4.